The van der Waals surface area contributed by atoms with Gasteiger partial charge in [-0.25, -0.2) is 0 Å². The molecule has 3 rings (SSSR count). The summed E-state index contributed by atoms with van der Waals surface area (Å²) in [4.78, 5) is 126. The molecule has 44 heteroatoms. The molecule has 0 bridgehead atoms. The molecule has 44 nitrogen and oxygen atoms in total. The van der Waals surface area contributed by atoms with Gasteiger partial charge in [0.05, 0.1) is 132 Å². The van der Waals surface area contributed by atoms with Gasteiger partial charge in [0.1, 0.15) is 78.6 Å². The van der Waals surface area contributed by atoms with Crippen molar-refractivity contribution in [3.63, 3.8) is 0 Å². The van der Waals surface area contributed by atoms with E-state index in [1.54, 1.807) is 0 Å². The van der Waals surface area contributed by atoms with Crippen LogP contribution in [0.1, 0.15) is 130 Å². The first-order chi connectivity index (χ1) is 57.8. The van der Waals surface area contributed by atoms with Crippen molar-refractivity contribution in [1.82, 2.24) is 53.2 Å². The molecular weight excluding hydrogens is 1600 g/mol. The lowest BCUT2D eigenvalue weighted by Gasteiger charge is -2.42. The number of carbonyl (C=O) groups excluding carboxylic acids is 10. The van der Waals surface area contributed by atoms with Crippen molar-refractivity contribution < 1.29 is 165 Å². The Bertz CT molecular complexity index is 2590. The van der Waals surface area contributed by atoms with Crippen LogP contribution < -0.4 is 53.2 Å². The number of ether oxygens (including phenoxy) is 15. The summed E-state index contributed by atoms with van der Waals surface area (Å²) in [7, 11) is 0. The molecule has 120 heavy (non-hydrogen) atoms. The molecule has 0 radical (unpaired) electrons. The van der Waals surface area contributed by atoms with Gasteiger partial charge in [-0.3, -0.25) is 47.9 Å². The number of aliphatic hydroxyl groups is 9. The van der Waals surface area contributed by atoms with E-state index >= 15 is 0 Å². The summed E-state index contributed by atoms with van der Waals surface area (Å²) in [5.41, 5.74) is -1.50. The fraction of sp³-hybridized carbons (Fsp3) is 0.868. The molecule has 3 heterocycles. The third-order valence-corrected chi connectivity index (χ3v) is 18.5. The predicted octanol–water partition coefficient (Wildman–Crippen LogP) is -7.17. The largest absolute Gasteiger partial charge is 0.394 e. The van der Waals surface area contributed by atoms with Gasteiger partial charge in [0, 0.05) is 131 Å². The molecule has 0 aromatic rings. The van der Waals surface area contributed by atoms with E-state index in [0.717, 1.165) is 0 Å². The molecule has 0 saturated carbocycles. The number of hydrogen-bond acceptors (Lipinski definition) is 34. The van der Waals surface area contributed by atoms with Gasteiger partial charge < -0.3 is 170 Å². The molecule has 3 saturated heterocycles. The van der Waals surface area contributed by atoms with Crippen LogP contribution >= 0.6 is 0 Å². The third kappa shape index (κ3) is 48.1. The second kappa shape index (κ2) is 66.3. The zero-order valence-electron chi connectivity index (χ0n) is 69.9. The van der Waals surface area contributed by atoms with Crippen molar-refractivity contribution in [2.75, 3.05) is 198 Å². The fourth-order valence-corrected chi connectivity index (χ4v) is 12.1. The Morgan fingerprint density at radius 3 is 0.792 bits per heavy atom. The van der Waals surface area contributed by atoms with Crippen LogP contribution in [0.4, 0.5) is 0 Å². The number of unbranched alkanes of at least 4 members (excludes halogenated alkanes) is 3. The average Bonchev–Trinajstić information content (AvgIpc) is 0.817. The van der Waals surface area contributed by atoms with Crippen LogP contribution in [0.5, 0.6) is 0 Å². The standard InChI is InChI=1S/C76H138N10O34/c1-5-106-35-36-108-39-40-110-43-44-111-42-41-109-38-37-107-31-21-63(99)86-76(48-112-32-18-60(96)80-25-12-22-77-57(93)15-6-9-28-115-73-64(83-51(2)90)70(103)67(100)54(45-87)118-73,49-113-33-19-61(97)81-26-13-23-78-58(94)16-7-10-29-116-74-65(84-52(3)91)71(104)68(101)55(46-88)119-74)50-114-34-20-62(98)82-27-14-24-79-59(95)17-8-11-30-117-75-66(85-53(4)92)72(105)69(102)56(47-89)120-75/h54-56,64-75,87-89,100-105H,5-50H2,1-4H3,(H,77,93)(H,78,94)(H,79,95)(H,80,96)(H,81,97)(H,82,98)(H,83,90)(H,84,91)(H,85,92)(H,86,99)/t54-,55-,56-,64-,65-,66-,67+,68+,69+,70-,71-,72-,73-,74-,75?/m1/s1. The van der Waals surface area contributed by atoms with Crippen LogP contribution in [0.3, 0.4) is 0 Å². The van der Waals surface area contributed by atoms with Crippen molar-refractivity contribution in [2.24, 2.45) is 0 Å². The van der Waals surface area contributed by atoms with E-state index in [0.29, 0.717) is 111 Å². The first-order valence-electron chi connectivity index (χ1n) is 41.4. The molecule has 3 aliphatic rings. The fourth-order valence-electron chi connectivity index (χ4n) is 12.1. The maximum atomic E-state index is 13.9. The number of carbonyl (C=O) groups is 10. The van der Waals surface area contributed by atoms with Crippen LogP contribution in [0.2, 0.25) is 0 Å². The SMILES string of the molecule is CCOCCOCCOCCOCCOCCOCCC(=O)NC(COCCC(=O)NCCCNC(=O)CCCCOC1O[C@H](CO)[C@H](O)[C@H](O)[C@H]1NC(C)=O)(COCCC(=O)NCCCNC(=O)CCCCO[C@@H]1O[C@H](CO)[C@H](O)[C@H](O)[C@H]1NC(C)=O)COCCC(=O)NCCCNC(=O)CCCCO[C@@H]1O[C@H](CO)[C@H](O)[C@H](O)[C@H]1NC(C)=O. The molecule has 0 aromatic heterocycles. The smallest absolute Gasteiger partial charge is 0.222 e. The maximum Gasteiger partial charge on any atom is 0.222 e. The molecule has 10 amide bonds. The zero-order valence-corrected chi connectivity index (χ0v) is 69.9. The lowest BCUT2D eigenvalue weighted by atomic mass is 9.97. The summed E-state index contributed by atoms with van der Waals surface area (Å²) >= 11 is 0. The van der Waals surface area contributed by atoms with Gasteiger partial charge in [0.25, 0.3) is 0 Å². The molecule has 19 N–H and O–H groups in total. The van der Waals surface area contributed by atoms with Crippen molar-refractivity contribution >= 4 is 59.1 Å². The number of rotatable bonds is 71. The van der Waals surface area contributed by atoms with Gasteiger partial charge in [-0.05, 0) is 64.7 Å². The summed E-state index contributed by atoms with van der Waals surface area (Å²) < 4.78 is 85.1. The van der Waals surface area contributed by atoms with E-state index < -0.39 is 159 Å². The molecule has 696 valence electrons. The molecule has 3 aliphatic heterocycles. The highest BCUT2D eigenvalue weighted by Crippen LogP contribution is 2.26. The Hall–Kier alpha value is -6.26. The summed E-state index contributed by atoms with van der Waals surface area (Å²) in [6, 6.07) is -3.30. The van der Waals surface area contributed by atoms with E-state index in [1.165, 1.54) is 20.8 Å². The summed E-state index contributed by atoms with van der Waals surface area (Å²) in [6.45, 7) is 8.00. The molecule has 0 spiro atoms. The average molecular weight is 1740 g/mol. The van der Waals surface area contributed by atoms with Gasteiger partial charge in [-0.1, -0.05) is 0 Å². The second-order valence-corrected chi connectivity index (χ2v) is 28.7. The minimum Gasteiger partial charge on any atom is -0.394 e. The Morgan fingerprint density at radius 1 is 0.292 bits per heavy atom. The van der Waals surface area contributed by atoms with E-state index in [1.807, 2.05) is 6.92 Å². The summed E-state index contributed by atoms with van der Waals surface area (Å²) in [5, 5.41) is 118. The van der Waals surface area contributed by atoms with Gasteiger partial charge in [0.2, 0.25) is 59.1 Å². The molecule has 0 aromatic carbocycles. The first kappa shape index (κ1) is 108. The minimum absolute atomic E-state index is 0.0367. The van der Waals surface area contributed by atoms with E-state index in [9.17, 15) is 93.9 Å². The normalized spacial score (nSPS) is 23.0. The maximum absolute atomic E-state index is 13.9. The van der Waals surface area contributed by atoms with E-state index in [-0.39, 0.29) is 188 Å². The van der Waals surface area contributed by atoms with Crippen molar-refractivity contribution in [3.05, 3.63) is 0 Å². The highest BCUT2D eigenvalue weighted by atomic mass is 16.7. The van der Waals surface area contributed by atoms with Gasteiger partial charge in [-0.2, -0.15) is 0 Å². The number of amides is 10. The third-order valence-electron chi connectivity index (χ3n) is 18.5. The lowest BCUT2D eigenvalue weighted by Crippen LogP contribution is -2.64. The Balaban J connectivity index is 1.57. The number of aliphatic hydroxyl groups excluding tert-OH is 9. The summed E-state index contributed by atoms with van der Waals surface area (Å²) in [6.07, 6.45) is -12.4. The molecule has 0 aliphatic carbocycles. The summed E-state index contributed by atoms with van der Waals surface area (Å²) in [5.74, 6) is -3.98. The highest BCUT2D eigenvalue weighted by molar-refractivity contribution is 5.79. The van der Waals surface area contributed by atoms with E-state index in [4.69, 9.17) is 71.1 Å². The van der Waals surface area contributed by atoms with Crippen LogP contribution in [0, 0.1) is 0 Å². The Kier molecular flexibility index (Phi) is 59.6. The lowest BCUT2D eigenvalue weighted by molar-refractivity contribution is -0.270. The molecule has 1 unspecified atom stereocenters. The highest BCUT2D eigenvalue weighted by Gasteiger charge is 2.48. The second-order valence-electron chi connectivity index (χ2n) is 28.7. The van der Waals surface area contributed by atoms with Gasteiger partial charge in [0.15, 0.2) is 18.9 Å². The van der Waals surface area contributed by atoms with Gasteiger partial charge >= 0.3 is 0 Å². The quantitative estimate of drug-likeness (QED) is 0.0252. The first-order valence-corrected chi connectivity index (χ1v) is 41.4. The minimum atomic E-state index is -1.50. The van der Waals surface area contributed by atoms with Crippen LogP contribution in [0.15, 0.2) is 0 Å². The number of nitrogens with one attached hydrogen (secondary N) is 10. The van der Waals surface area contributed by atoms with Crippen LogP contribution in [-0.2, 0) is 119 Å². The zero-order chi connectivity index (χ0) is 88.1. The van der Waals surface area contributed by atoms with Crippen molar-refractivity contribution in [2.45, 2.75) is 228 Å². The van der Waals surface area contributed by atoms with E-state index in [2.05, 4.69) is 53.2 Å². The predicted molar refractivity (Wildman–Crippen MR) is 420 cm³/mol. The molecular formula is C76H138N10O34. The van der Waals surface area contributed by atoms with Crippen LogP contribution in [-0.4, -0.2) is 400 Å². The Labute approximate surface area is 700 Å². The monoisotopic (exact) mass is 1730 g/mol. The van der Waals surface area contributed by atoms with Crippen molar-refractivity contribution in [1.29, 1.82) is 0 Å². The number of hydrogen-bond donors (Lipinski definition) is 19. The molecule has 3 fully saturated rings. The molecule has 15 atom stereocenters. The van der Waals surface area contributed by atoms with Crippen molar-refractivity contribution in [3.8, 4) is 0 Å². The topological polar surface area (TPSA) is 612 Å². The Morgan fingerprint density at radius 2 is 0.533 bits per heavy atom. The van der Waals surface area contributed by atoms with Crippen LogP contribution in [0.25, 0.3) is 0 Å². The van der Waals surface area contributed by atoms with Gasteiger partial charge in [-0.15, -0.1) is 0 Å².